The molecular weight excluding hydrogens is 279 g/mol. The van der Waals surface area contributed by atoms with Gasteiger partial charge >= 0.3 is 5.97 Å². The molecule has 0 saturated carbocycles. The summed E-state index contributed by atoms with van der Waals surface area (Å²) in [5.74, 6) is -2.26. The molecule has 7 heteroatoms. The Morgan fingerprint density at radius 1 is 1.38 bits per heavy atom. The summed E-state index contributed by atoms with van der Waals surface area (Å²) in [6, 6.07) is 3.14. The van der Waals surface area contributed by atoms with Crippen molar-refractivity contribution in [2.45, 2.75) is 12.8 Å². The van der Waals surface area contributed by atoms with E-state index in [4.69, 9.17) is 15.6 Å². The molecule has 0 radical (unpaired) electrons. The van der Waals surface area contributed by atoms with Crippen molar-refractivity contribution in [2.24, 2.45) is 11.1 Å². The predicted molar refractivity (Wildman–Crippen MR) is 73.5 cm³/mol. The minimum Gasteiger partial charge on any atom is -0.478 e. The molecule has 4 N–H and O–H groups in total. The molecule has 1 aromatic carbocycles. The molecule has 6 nitrogen and oxygen atoms in total. The molecule has 0 spiro atoms. The van der Waals surface area contributed by atoms with Gasteiger partial charge in [0.2, 0.25) is 5.91 Å². The molecule has 1 fully saturated rings. The highest BCUT2D eigenvalue weighted by Crippen LogP contribution is 2.31. The van der Waals surface area contributed by atoms with Gasteiger partial charge in [-0.2, -0.15) is 0 Å². The zero-order valence-electron chi connectivity index (χ0n) is 11.4. The Labute approximate surface area is 121 Å². The zero-order chi connectivity index (χ0) is 15.5. The van der Waals surface area contributed by atoms with Gasteiger partial charge in [-0.1, -0.05) is 0 Å². The first-order valence-corrected chi connectivity index (χ1v) is 6.61. The topological polar surface area (TPSA) is 102 Å². The van der Waals surface area contributed by atoms with Crippen molar-refractivity contribution in [1.29, 1.82) is 0 Å². The van der Waals surface area contributed by atoms with Crippen LogP contribution in [0.25, 0.3) is 0 Å². The lowest BCUT2D eigenvalue weighted by atomic mass is 9.79. The van der Waals surface area contributed by atoms with Crippen LogP contribution in [0.5, 0.6) is 0 Å². The highest BCUT2D eigenvalue weighted by Gasteiger charge is 2.39. The zero-order valence-corrected chi connectivity index (χ0v) is 11.4. The largest absolute Gasteiger partial charge is 0.478 e. The van der Waals surface area contributed by atoms with Crippen molar-refractivity contribution in [3.8, 4) is 0 Å². The summed E-state index contributed by atoms with van der Waals surface area (Å²) in [7, 11) is 0. The lowest BCUT2D eigenvalue weighted by Crippen LogP contribution is -2.46. The van der Waals surface area contributed by atoms with Crippen molar-refractivity contribution in [3.63, 3.8) is 0 Å². The summed E-state index contributed by atoms with van der Waals surface area (Å²) < 4.78 is 18.5. The third-order valence-corrected chi connectivity index (χ3v) is 3.78. The van der Waals surface area contributed by atoms with E-state index >= 15 is 0 Å². The maximum atomic E-state index is 13.3. The van der Waals surface area contributed by atoms with Crippen molar-refractivity contribution in [1.82, 2.24) is 0 Å². The van der Waals surface area contributed by atoms with Gasteiger partial charge < -0.3 is 20.9 Å². The van der Waals surface area contributed by atoms with E-state index in [9.17, 15) is 14.0 Å². The highest BCUT2D eigenvalue weighted by atomic mass is 19.1. The van der Waals surface area contributed by atoms with E-state index in [0.29, 0.717) is 26.1 Å². The second kappa shape index (κ2) is 6.19. The van der Waals surface area contributed by atoms with E-state index in [2.05, 4.69) is 5.32 Å². The number of halogens is 1. The lowest BCUT2D eigenvalue weighted by molar-refractivity contribution is -0.130. The Bertz CT molecular complexity index is 556. The molecule has 0 unspecified atom stereocenters. The van der Waals surface area contributed by atoms with E-state index in [0.717, 1.165) is 18.2 Å². The highest BCUT2D eigenvalue weighted by molar-refractivity contribution is 6.02. The summed E-state index contributed by atoms with van der Waals surface area (Å²) >= 11 is 0. The third kappa shape index (κ3) is 3.20. The number of ether oxygens (including phenoxy) is 1. The number of carbonyl (C=O) groups is 2. The maximum absolute atomic E-state index is 13.3. The summed E-state index contributed by atoms with van der Waals surface area (Å²) in [5, 5.41) is 11.6. The van der Waals surface area contributed by atoms with Gasteiger partial charge in [-0.15, -0.1) is 0 Å². The van der Waals surface area contributed by atoms with Crippen LogP contribution in [0, 0.1) is 11.2 Å². The molecule has 0 bridgehead atoms. The Hall–Kier alpha value is -1.99. The third-order valence-electron chi connectivity index (χ3n) is 3.78. The first kappa shape index (κ1) is 15.4. The molecule has 1 aliphatic rings. The number of carboxylic acid groups (broad SMARTS) is 1. The first-order valence-electron chi connectivity index (χ1n) is 6.61. The molecule has 21 heavy (non-hydrogen) atoms. The quantitative estimate of drug-likeness (QED) is 0.775. The number of carbonyl (C=O) groups excluding carboxylic acids is 1. The van der Waals surface area contributed by atoms with Crippen molar-refractivity contribution < 1.29 is 23.8 Å². The fraction of sp³-hybridized carbons (Fsp3) is 0.429. The van der Waals surface area contributed by atoms with Crippen molar-refractivity contribution in [3.05, 3.63) is 29.6 Å². The van der Waals surface area contributed by atoms with Crippen molar-refractivity contribution >= 4 is 17.6 Å². The van der Waals surface area contributed by atoms with Crippen LogP contribution in [0.4, 0.5) is 10.1 Å². The molecule has 1 saturated heterocycles. The standard InChI is InChI=1S/C14H17FN2O4/c15-9-1-2-10(12(18)19)11(7-9)17-13(20)14(8-16)3-5-21-6-4-14/h1-2,7H,3-6,8,16H2,(H,17,20)(H,18,19). The maximum Gasteiger partial charge on any atom is 0.337 e. The van der Waals surface area contributed by atoms with Gasteiger partial charge in [-0.3, -0.25) is 4.79 Å². The molecule has 0 aliphatic carbocycles. The second-order valence-corrected chi connectivity index (χ2v) is 5.05. The molecule has 2 rings (SSSR count). The van der Waals surface area contributed by atoms with Crippen LogP contribution in [0.2, 0.25) is 0 Å². The summed E-state index contributed by atoms with van der Waals surface area (Å²) in [6.45, 7) is 0.957. The van der Waals surface area contributed by atoms with Crippen LogP contribution >= 0.6 is 0 Å². The average molecular weight is 296 g/mol. The Morgan fingerprint density at radius 3 is 2.62 bits per heavy atom. The molecule has 1 amide bonds. The number of hydrogen-bond donors (Lipinski definition) is 3. The lowest BCUT2D eigenvalue weighted by Gasteiger charge is -2.34. The van der Waals surface area contributed by atoms with Gasteiger partial charge in [0.05, 0.1) is 16.7 Å². The SMILES string of the molecule is NCC1(C(=O)Nc2cc(F)ccc2C(=O)O)CCOCC1. The van der Waals surface area contributed by atoms with E-state index in [1.54, 1.807) is 0 Å². The van der Waals surface area contributed by atoms with Crippen LogP contribution in [0.3, 0.4) is 0 Å². The number of benzene rings is 1. The molecule has 1 heterocycles. The normalized spacial score (nSPS) is 17.2. The van der Waals surface area contributed by atoms with Gasteiger partial charge in [0.15, 0.2) is 0 Å². The van der Waals surface area contributed by atoms with Crippen LogP contribution in [0.15, 0.2) is 18.2 Å². The number of nitrogens with one attached hydrogen (secondary N) is 1. The monoisotopic (exact) mass is 296 g/mol. The van der Waals surface area contributed by atoms with Gasteiger partial charge in [0, 0.05) is 19.8 Å². The van der Waals surface area contributed by atoms with Gasteiger partial charge in [-0.25, -0.2) is 9.18 Å². The molecule has 1 aliphatic heterocycles. The van der Waals surface area contributed by atoms with Crippen LogP contribution in [-0.2, 0) is 9.53 Å². The molecule has 0 aromatic heterocycles. The predicted octanol–water partition coefficient (Wildman–Crippen LogP) is 1.22. The number of amides is 1. The number of aromatic carboxylic acids is 1. The van der Waals surface area contributed by atoms with Crippen LogP contribution in [-0.4, -0.2) is 36.7 Å². The molecule has 114 valence electrons. The minimum atomic E-state index is -1.24. The molecular formula is C14H17FN2O4. The van der Waals surface area contributed by atoms with Gasteiger partial charge in [0.25, 0.3) is 0 Å². The number of carboxylic acids is 1. The Morgan fingerprint density at radius 2 is 2.05 bits per heavy atom. The van der Waals surface area contributed by atoms with E-state index < -0.39 is 23.1 Å². The van der Waals surface area contributed by atoms with Gasteiger partial charge in [-0.05, 0) is 31.0 Å². The molecule has 0 atom stereocenters. The fourth-order valence-electron chi connectivity index (χ4n) is 2.35. The average Bonchev–Trinajstić information content (AvgIpc) is 2.47. The van der Waals surface area contributed by atoms with Crippen molar-refractivity contribution in [2.75, 3.05) is 25.1 Å². The number of nitrogens with two attached hydrogens (primary N) is 1. The number of hydrogen-bond acceptors (Lipinski definition) is 4. The molecule has 1 aromatic rings. The van der Waals surface area contributed by atoms with E-state index in [1.807, 2.05) is 0 Å². The van der Waals surface area contributed by atoms with Crippen LogP contribution < -0.4 is 11.1 Å². The van der Waals surface area contributed by atoms with E-state index in [-0.39, 0.29) is 17.8 Å². The minimum absolute atomic E-state index is 0.0631. The summed E-state index contributed by atoms with van der Waals surface area (Å²) in [4.78, 5) is 23.6. The Balaban J connectivity index is 2.26. The van der Waals surface area contributed by atoms with E-state index in [1.165, 1.54) is 0 Å². The summed E-state index contributed by atoms with van der Waals surface area (Å²) in [6.07, 6.45) is 0.903. The van der Waals surface area contributed by atoms with Crippen LogP contribution in [0.1, 0.15) is 23.2 Å². The first-order chi connectivity index (χ1) is 9.98. The summed E-state index contributed by atoms with van der Waals surface area (Å²) in [5.41, 5.74) is 4.68. The fourth-order valence-corrected chi connectivity index (χ4v) is 2.35. The smallest absolute Gasteiger partial charge is 0.337 e. The second-order valence-electron chi connectivity index (χ2n) is 5.05. The Kier molecular flexibility index (Phi) is 4.54. The number of anilines is 1. The number of rotatable bonds is 4. The van der Waals surface area contributed by atoms with Gasteiger partial charge in [0.1, 0.15) is 5.82 Å².